The highest BCUT2D eigenvalue weighted by atomic mass is 31.2. The van der Waals surface area contributed by atoms with Gasteiger partial charge in [0.2, 0.25) is 0 Å². The Balaban J connectivity index is 4.36. The molecule has 0 radical (unpaired) electrons. The van der Waals surface area contributed by atoms with Crippen LogP contribution in [0.1, 0.15) is 20.3 Å². The summed E-state index contributed by atoms with van der Waals surface area (Å²) in [6, 6.07) is 0. The Morgan fingerprint density at radius 1 is 1.46 bits per heavy atom. The lowest BCUT2D eigenvalue weighted by Crippen LogP contribution is -2.11. The number of hydrogen-bond acceptors (Lipinski definition) is 4. The molecule has 0 aliphatic rings. The average molecular weight is 208 g/mol. The van der Waals surface area contributed by atoms with Gasteiger partial charge in [0.1, 0.15) is 0 Å². The second-order valence-corrected chi connectivity index (χ2v) is 4.57. The summed E-state index contributed by atoms with van der Waals surface area (Å²) in [7, 11) is -3.34. The molecule has 0 bridgehead atoms. The molecule has 0 spiro atoms. The van der Waals surface area contributed by atoms with Crippen molar-refractivity contribution >= 4 is 7.60 Å². The van der Waals surface area contributed by atoms with E-state index in [9.17, 15) is 9.67 Å². The summed E-state index contributed by atoms with van der Waals surface area (Å²) >= 11 is 0. The zero-order valence-electron chi connectivity index (χ0n) is 8.10. The fourth-order valence-electron chi connectivity index (χ4n) is 0.847. The molecule has 0 unspecified atom stereocenters. The summed E-state index contributed by atoms with van der Waals surface area (Å²) in [5.41, 5.74) is 0. The Bertz CT molecular complexity index is 183. The summed E-state index contributed by atoms with van der Waals surface area (Å²) in [4.78, 5) is 0. The van der Waals surface area contributed by atoms with Gasteiger partial charge in [-0.2, -0.15) is 0 Å². The van der Waals surface area contributed by atoms with Crippen LogP contribution >= 0.6 is 7.60 Å². The molecule has 0 aromatic carbocycles. The summed E-state index contributed by atoms with van der Waals surface area (Å²) in [6.07, 6.45) is 1.69. The van der Waals surface area contributed by atoms with Crippen molar-refractivity contribution in [3.63, 3.8) is 0 Å². The van der Waals surface area contributed by atoms with E-state index in [-0.39, 0.29) is 19.6 Å². The van der Waals surface area contributed by atoms with E-state index in [2.05, 4.69) is 6.58 Å². The van der Waals surface area contributed by atoms with Gasteiger partial charge in [-0.05, 0) is 13.8 Å². The Hall–Kier alpha value is -0.150. The largest absolute Gasteiger partial charge is 0.380 e. The first-order valence-corrected chi connectivity index (χ1v) is 5.89. The average Bonchev–Trinajstić information content (AvgIpc) is 2.05. The van der Waals surface area contributed by atoms with Gasteiger partial charge < -0.3 is 14.2 Å². The molecule has 0 heterocycles. The van der Waals surface area contributed by atoms with Gasteiger partial charge >= 0.3 is 7.60 Å². The number of aliphatic hydroxyl groups is 1. The SMILES string of the molecule is C=CC[C@@H](O)P(=O)(OCC)OCC. The molecule has 5 heteroatoms. The highest BCUT2D eigenvalue weighted by Crippen LogP contribution is 2.52. The van der Waals surface area contributed by atoms with Crippen LogP contribution in [0.25, 0.3) is 0 Å². The van der Waals surface area contributed by atoms with Gasteiger partial charge in [-0.3, -0.25) is 4.57 Å². The Kier molecular flexibility index (Phi) is 6.25. The molecule has 0 rings (SSSR count). The normalized spacial score (nSPS) is 14.1. The molecule has 4 nitrogen and oxygen atoms in total. The lowest BCUT2D eigenvalue weighted by molar-refractivity contribution is 0.150. The predicted molar refractivity (Wildman–Crippen MR) is 51.7 cm³/mol. The Morgan fingerprint density at radius 2 is 1.92 bits per heavy atom. The monoisotopic (exact) mass is 208 g/mol. The molecule has 0 aromatic heterocycles. The zero-order valence-corrected chi connectivity index (χ0v) is 9.00. The summed E-state index contributed by atoms with van der Waals surface area (Å²) in [5, 5.41) is 9.45. The van der Waals surface area contributed by atoms with E-state index >= 15 is 0 Å². The maximum absolute atomic E-state index is 11.8. The predicted octanol–water partition coefficient (Wildman–Crippen LogP) is 2.15. The van der Waals surface area contributed by atoms with Crippen molar-refractivity contribution in [3.05, 3.63) is 12.7 Å². The molecule has 0 saturated carbocycles. The lowest BCUT2D eigenvalue weighted by atomic mass is 10.5. The molecule has 0 fully saturated rings. The highest BCUT2D eigenvalue weighted by Gasteiger charge is 2.32. The van der Waals surface area contributed by atoms with Crippen LogP contribution in [-0.2, 0) is 13.6 Å². The van der Waals surface area contributed by atoms with E-state index in [0.29, 0.717) is 0 Å². The smallest absolute Gasteiger partial charge is 0.359 e. The standard InChI is InChI=1S/C8H17O4P/c1-4-7-8(9)13(10,11-5-2)12-6-3/h4,8-9H,1,5-7H2,2-3H3/t8-/m0/s1. The van der Waals surface area contributed by atoms with Crippen LogP contribution in [0.3, 0.4) is 0 Å². The van der Waals surface area contributed by atoms with Crippen molar-refractivity contribution in [3.8, 4) is 0 Å². The molecular weight excluding hydrogens is 191 g/mol. The maximum Gasteiger partial charge on any atom is 0.359 e. The molecule has 0 aromatic rings. The first-order valence-electron chi connectivity index (χ1n) is 4.28. The van der Waals surface area contributed by atoms with Crippen LogP contribution in [0.2, 0.25) is 0 Å². The van der Waals surface area contributed by atoms with Crippen molar-refractivity contribution in [1.82, 2.24) is 0 Å². The van der Waals surface area contributed by atoms with Gasteiger partial charge in [0.05, 0.1) is 13.2 Å². The van der Waals surface area contributed by atoms with E-state index in [1.807, 2.05) is 0 Å². The van der Waals surface area contributed by atoms with Crippen molar-refractivity contribution < 1.29 is 18.7 Å². The third-order valence-electron chi connectivity index (χ3n) is 1.36. The van der Waals surface area contributed by atoms with Gasteiger partial charge in [0, 0.05) is 6.42 Å². The number of aliphatic hydroxyl groups excluding tert-OH is 1. The van der Waals surface area contributed by atoms with E-state index in [1.165, 1.54) is 6.08 Å². The van der Waals surface area contributed by atoms with Crippen molar-refractivity contribution in [2.45, 2.75) is 26.1 Å². The first-order chi connectivity index (χ1) is 6.10. The molecule has 0 aliphatic carbocycles. The van der Waals surface area contributed by atoms with Crippen LogP contribution in [0.15, 0.2) is 12.7 Å². The molecule has 78 valence electrons. The quantitative estimate of drug-likeness (QED) is 0.514. The van der Waals surface area contributed by atoms with Gasteiger partial charge in [-0.1, -0.05) is 6.08 Å². The van der Waals surface area contributed by atoms with Gasteiger partial charge in [-0.25, -0.2) is 0 Å². The summed E-state index contributed by atoms with van der Waals surface area (Å²) in [6.45, 7) is 7.35. The van der Waals surface area contributed by atoms with Gasteiger partial charge in [0.25, 0.3) is 0 Å². The molecule has 1 N–H and O–H groups in total. The molecule has 0 aliphatic heterocycles. The molecular formula is C8H17O4P. The van der Waals surface area contributed by atoms with Gasteiger partial charge in [0.15, 0.2) is 5.85 Å². The van der Waals surface area contributed by atoms with Crippen molar-refractivity contribution in [2.75, 3.05) is 13.2 Å². The second kappa shape index (κ2) is 6.33. The minimum atomic E-state index is -3.34. The zero-order chi connectivity index (χ0) is 10.3. The minimum absolute atomic E-state index is 0.206. The van der Waals surface area contributed by atoms with Crippen LogP contribution in [0.4, 0.5) is 0 Å². The molecule has 0 amide bonds. The van der Waals surface area contributed by atoms with Gasteiger partial charge in [-0.15, -0.1) is 6.58 Å². The number of hydrogen-bond donors (Lipinski definition) is 1. The van der Waals surface area contributed by atoms with Crippen LogP contribution in [-0.4, -0.2) is 24.2 Å². The molecule has 1 atom stereocenters. The van der Waals surface area contributed by atoms with E-state index < -0.39 is 13.4 Å². The Labute approximate surface area is 79.1 Å². The van der Waals surface area contributed by atoms with Crippen LogP contribution < -0.4 is 0 Å². The summed E-state index contributed by atoms with van der Waals surface area (Å²) in [5.74, 6) is -1.11. The van der Waals surface area contributed by atoms with Crippen LogP contribution in [0.5, 0.6) is 0 Å². The van der Waals surface area contributed by atoms with Crippen LogP contribution in [0, 0.1) is 0 Å². The molecule has 13 heavy (non-hydrogen) atoms. The fourth-order valence-corrected chi connectivity index (χ4v) is 2.39. The number of rotatable bonds is 7. The third-order valence-corrected chi connectivity index (χ3v) is 3.54. The van der Waals surface area contributed by atoms with Crippen molar-refractivity contribution in [2.24, 2.45) is 0 Å². The third kappa shape index (κ3) is 4.05. The van der Waals surface area contributed by atoms with E-state index in [4.69, 9.17) is 9.05 Å². The summed E-state index contributed by atoms with van der Waals surface area (Å²) < 4.78 is 21.6. The highest BCUT2D eigenvalue weighted by molar-refractivity contribution is 7.54. The maximum atomic E-state index is 11.8. The van der Waals surface area contributed by atoms with E-state index in [0.717, 1.165) is 0 Å². The topological polar surface area (TPSA) is 55.8 Å². The van der Waals surface area contributed by atoms with Crippen molar-refractivity contribution in [1.29, 1.82) is 0 Å². The van der Waals surface area contributed by atoms with E-state index in [1.54, 1.807) is 13.8 Å². The first kappa shape index (κ1) is 12.8. The fraction of sp³-hybridized carbons (Fsp3) is 0.750. The minimum Gasteiger partial charge on any atom is -0.380 e. The second-order valence-electron chi connectivity index (χ2n) is 2.38. The Morgan fingerprint density at radius 3 is 2.23 bits per heavy atom. The lowest BCUT2D eigenvalue weighted by Gasteiger charge is -2.20. The molecule has 0 saturated heterocycles.